The van der Waals surface area contributed by atoms with Gasteiger partial charge in [0, 0.05) is 5.69 Å². The molecule has 0 spiro atoms. The minimum absolute atomic E-state index is 0.0180. The number of halogens is 1. The number of ether oxygens (including phenoxy) is 1. The van der Waals surface area contributed by atoms with E-state index < -0.39 is 0 Å². The summed E-state index contributed by atoms with van der Waals surface area (Å²) in [5.41, 5.74) is 5.19. The van der Waals surface area contributed by atoms with E-state index >= 15 is 0 Å². The number of nitrogens with one attached hydrogen (secondary N) is 1. The maximum atomic E-state index is 12.1. The van der Waals surface area contributed by atoms with Crippen LogP contribution in [-0.2, 0) is 4.79 Å². The maximum absolute atomic E-state index is 12.1. The van der Waals surface area contributed by atoms with Crippen LogP contribution in [0.15, 0.2) is 34.8 Å². The molecule has 0 radical (unpaired) electrons. The largest absolute Gasteiger partial charge is 0.482 e. The highest BCUT2D eigenvalue weighted by Gasteiger charge is 2.10. The highest BCUT2D eigenvalue weighted by atomic mass is 79.9. The quantitative estimate of drug-likeness (QED) is 0.856. The fraction of sp³-hybridized carbons (Fsp3) is 0.278. The molecule has 0 saturated carbocycles. The lowest BCUT2D eigenvalue weighted by atomic mass is 10.1. The topological polar surface area (TPSA) is 38.3 Å². The fourth-order valence-electron chi connectivity index (χ4n) is 2.36. The number of carbonyl (C=O) groups is 1. The highest BCUT2D eigenvalue weighted by molar-refractivity contribution is 9.10. The van der Waals surface area contributed by atoms with Crippen molar-refractivity contribution >= 4 is 27.5 Å². The second kappa shape index (κ2) is 6.97. The molecule has 1 amide bonds. The lowest BCUT2D eigenvalue weighted by Crippen LogP contribution is -2.21. The first kappa shape index (κ1) is 16.6. The van der Waals surface area contributed by atoms with Gasteiger partial charge in [-0.1, -0.05) is 23.8 Å². The molecule has 2 rings (SSSR count). The van der Waals surface area contributed by atoms with Gasteiger partial charge < -0.3 is 10.1 Å². The molecule has 0 aliphatic rings. The van der Waals surface area contributed by atoms with Crippen molar-refractivity contribution in [2.75, 3.05) is 11.9 Å². The van der Waals surface area contributed by atoms with Gasteiger partial charge in [0.15, 0.2) is 6.61 Å². The zero-order valence-electron chi connectivity index (χ0n) is 13.3. The molecule has 0 saturated heterocycles. The number of hydrogen-bond donors (Lipinski definition) is 1. The summed E-state index contributed by atoms with van der Waals surface area (Å²) in [5.74, 6) is 0.542. The van der Waals surface area contributed by atoms with Crippen molar-refractivity contribution in [1.29, 1.82) is 0 Å². The van der Waals surface area contributed by atoms with Crippen LogP contribution in [0.5, 0.6) is 5.75 Å². The van der Waals surface area contributed by atoms with E-state index in [1.807, 2.05) is 58.0 Å². The number of aryl methyl sites for hydroxylation is 4. The van der Waals surface area contributed by atoms with Crippen LogP contribution in [0, 0.1) is 27.7 Å². The molecular formula is C18H20BrNO2. The Labute approximate surface area is 139 Å². The molecule has 0 fully saturated rings. The Balaban J connectivity index is 2.02. The zero-order valence-corrected chi connectivity index (χ0v) is 14.9. The SMILES string of the molecule is Cc1ccc(NC(=O)COc2c(C)cc(C)cc2Br)c(C)c1. The van der Waals surface area contributed by atoms with Crippen LogP contribution in [0.1, 0.15) is 22.3 Å². The Hall–Kier alpha value is -1.81. The Morgan fingerprint density at radius 3 is 2.36 bits per heavy atom. The summed E-state index contributed by atoms with van der Waals surface area (Å²) in [6, 6.07) is 9.93. The number of benzene rings is 2. The molecule has 2 aromatic carbocycles. The van der Waals surface area contributed by atoms with Gasteiger partial charge in [-0.3, -0.25) is 4.79 Å². The predicted octanol–water partition coefficient (Wildman–Crippen LogP) is 4.70. The number of rotatable bonds is 4. The third-order valence-corrected chi connectivity index (χ3v) is 3.97. The summed E-state index contributed by atoms with van der Waals surface area (Å²) >= 11 is 3.48. The van der Waals surface area contributed by atoms with Crippen LogP contribution in [0.25, 0.3) is 0 Å². The Morgan fingerprint density at radius 2 is 1.73 bits per heavy atom. The maximum Gasteiger partial charge on any atom is 0.262 e. The average molecular weight is 362 g/mol. The number of carbonyl (C=O) groups excluding carboxylic acids is 1. The van der Waals surface area contributed by atoms with Crippen LogP contribution < -0.4 is 10.1 Å². The van der Waals surface area contributed by atoms with E-state index in [0.29, 0.717) is 5.75 Å². The Kier molecular flexibility index (Phi) is 5.24. The van der Waals surface area contributed by atoms with Crippen LogP contribution >= 0.6 is 15.9 Å². The standard InChI is InChI=1S/C18H20BrNO2/c1-11-5-6-16(13(3)7-11)20-17(21)10-22-18-14(4)8-12(2)9-15(18)19/h5-9H,10H2,1-4H3,(H,20,21). The van der Waals surface area contributed by atoms with E-state index in [2.05, 4.69) is 21.2 Å². The van der Waals surface area contributed by atoms with E-state index in [9.17, 15) is 4.79 Å². The molecule has 2 aromatic rings. The second-order valence-electron chi connectivity index (χ2n) is 5.55. The first-order valence-corrected chi connectivity index (χ1v) is 7.93. The molecule has 116 valence electrons. The van der Waals surface area contributed by atoms with Gasteiger partial charge in [0.05, 0.1) is 4.47 Å². The van der Waals surface area contributed by atoms with E-state index in [1.54, 1.807) is 0 Å². The Morgan fingerprint density at radius 1 is 1.05 bits per heavy atom. The number of anilines is 1. The Bertz CT molecular complexity index is 687. The fourth-order valence-corrected chi connectivity index (χ4v) is 3.15. The molecule has 1 N–H and O–H groups in total. The normalized spacial score (nSPS) is 10.4. The molecule has 0 atom stereocenters. The molecule has 0 aliphatic heterocycles. The highest BCUT2D eigenvalue weighted by Crippen LogP contribution is 2.30. The number of amides is 1. The third kappa shape index (κ3) is 4.10. The minimum atomic E-state index is -0.168. The summed E-state index contributed by atoms with van der Waals surface area (Å²) in [6.07, 6.45) is 0. The van der Waals surface area contributed by atoms with Crippen molar-refractivity contribution < 1.29 is 9.53 Å². The molecule has 22 heavy (non-hydrogen) atoms. The van der Waals surface area contributed by atoms with Gasteiger partial charge in [0.1, 0.15) is 5.75 Å². The molecule has 0 heterocycles. The van der Waals surface area contributed by atoms with Gasteiger partial charge in [-0.15, -0.1) is 0 Å². The van der Waals surface area contributed by atoms with Crippen molar-refractivity contribution in [3.05, 3.63) is 57.1 Å². The number of hydrogen-bond acceptors (Lipinski definition) is 2. The van der Waals surface area contributed by atoms with E-state index in [4.69, 9.17) is 4.74 Å². The first-order chi connectivity index (χ1) is 10.4. The molecule has 4 heteroatoms. The zero-order chi connectivity index (χ0) is 16.3. The van der Waals surface area contributed by atoms with E-state index in [1.165, 1.54) is 5.56 Å². The predicted molar refractivity (Wildman–Crippen MR) is 93.7 cm³/mol. The monoisotopic (exact) mass is 361 g/mol. The molecular weight excluding hydrogens is 342 g/mol. The van der Waals surface area contributed by atoms with Crippen molar-refractivity contribution in [3.8, 4) is 5.75 Å². The summed E-state index contributed by atoms with van der Waals surface area (Å²) in [4.78, 5) is 12.1. The lowest BCUT2D eigenvalue weighted by molar-refractivity contribution is -0.118. The molecule has 0 aliphatic carbocycles. The van der Waals surface area contributed by atoms with Crippen molar-refractivity contribution in [1.82, 2.24) is 0 Å². The van der Waals surface area contributed by atoms with Gasteiger partial charge >= 0.3 is 0 Å². The van der Waals surface area contributed by atoms with Crippen LogP contribution in [0.2, 0.25) is 0 Å². The summed E-state index contributed by atoms with van der Waals surface area (Å²) < 4.78 is 6.53. The van der Waals surface area contributed by atoms with Crippen LogP contribution in [0.4, 0.5) is 5.69 Å². The molecule has 0 aromatic heterocycles. The van der Waals surface area contributed by atoms with Crippen LogP contribution in [0.3, 0.4) is 0 Å². The van der Waals surface area contributed by atoms with Crippen molar-refractivity contribution in [2.24, 2.45) is 0 Å². The van der Waals surface area contributed by atoms with E-state index in [-0.39, 0.29) is 12.5 Å². The van der Waals surface area contributed by atoms with Gasteiger partial charge in [-0.2, -0.15) is 0 Å². The van der Waals surface area contributed by atoms with E-state index in [0.717, 1.165) is 26.9 Å². The third-order valence-electron chi connectivity index (χ3n) is 3.38. The lowest BCUT2D eigenvalue weighted by Gasteiger charge is -2.13. The average Bonchev–Trinajstić information content (AvgIpc) is 2.40. The summed E-state index contributed by atoms with van der Waals surface area (Å²) in [7, 11) is 0. The minimum Gasteiger partial charge on any atom is -0.482 e. The smallest absolute Gasteiger partial charge is 0.262 e. The molecule has 0 bridgehead atoms. The summed E-state index contributed by atoms with van der Waals surface area (Å²) in [6.45, 7) is 7.98. The molecule has 3 nitrogen and oxygen atoms in total. The summed E-state index contributed by atoms with van der Waals surface area (Å²) in [5, 5.41) is 2.88. The van der Waals surface area contributed by atoms with Gasteiger partial charge in [0.2, 0.25) is 0 Å². The van der Waals surface area contributed by atoms with Gasteiger partial charge in [-0.05, 0) is 72.4 Å². The van der Waals surface area contributed by atoms with Crippen LogP contribution in [-0.4, -0.2) is 12.5 Å². The van der Waals surface area contributed by atoms with Gasteiger partial charge in [0.25, 0.3) is 5.91 Å². The van der Waals surface area contributed by atoms with Crippen molar-refractivity contribution in [3.63, 3.8) is 0 Å². The molecule has 0 unspecified atom stereocenters. The van der Waals surface area contributed by atoms with Crippen molar-refractivity contribution in [2.45, 2.75) is 27.7 Å². The first-order valence-electron chi connectivity index (χ1n) is 7.13. The van der Waals surface area contributed by atoms with Gasteiger partial charge in [-0.25, -0.2) is 0 Å². The second-order valence-corrected chi connectivity index (χ2v) is 6.40.